The quantitative estimate of drug-likeness (QED) is 0.549. The minimum Gasteiger partial charge on any atom is -0.477 e. The molecular formula is C20H28N2O4. The van der Waals surface area contributed by atoms with Gasteiger partial charge in [-0.2, -0.15) is 0 Å². The summed E-state index contributed by atoms with van der Waals surface area (Å²) in [5.41, 5.74) is 4.66. The maximum atomic E-state index is 11.7. The second-order valence-corrected chi connectivity index (χ2v) is 6.51. The second-order valence-electron chi connectivity index (χ2n) is 6.51. The van der Waals surface area contributed by atoms with Crippen molar-refractivity contribution >= 4 is 11.9 Å². The fourth-order valence-electron chi connectivity index (χ4n) is 3.38. The molecular weight excluding hydrogens is 332 g/mol. The lowest BCUT2D eigenvalue weighted by molar-refractivity contribution is -0.141. The molecule has 0 radical (unpaired) electrons. The first-order valence-electron chi connectivity index (χ1n) is 9.10. The van der Waals surface area contributed by atoms with Gasteiger partial charge >= 0.3 is 11.9 Å². The van der Waals surface area contributed by atoms with Gasteiger partial charge in [-0.15, -0.1) is 0 Å². The number of nitrogens with zero attached hydrogens (tertiary/aromatic N) is 2. The van der Waals surface area contributed by atoms with Crippen LogP contribution in [-0.4, -0.2) is 32.8 Å². The summed E-state index contributed by atoms with van der Waals surface area (Å²) in [6, 6.07) is 1.94. The van der Waals surface area contributed by atoms with Crippen molar-refractivity contribution < 1.29 is 19.4 Å². The van der Waals surface area contributed by atoms with Gasteiger partial charge in [0.05, 0.1) is 13.2 Å². The molecule has 6 heteroatoms. The summed E-state index contributed by atoms with van der Waals surface area (Å²) in [6.45, 7) is 8.88. The monoisotopic (exact) mass is 360 g/mol. The van der Waals surface area contributed by atoms with Gasteiger partial charge in [0.1, 0.15) is 5.69 Å². The molecule has 0 fully saturated rings. The Morgan fingerprint density at radius 2 is 1.77 bits per heavy atom. The highest BCUT2D eigenvalue weighted by Crippen LogP contribution is 2.20. The third kappa shape index (κ3) is 4.56. The highest BCUT2D eigenvalue weighted by Gasteiger charge is 2.18. The van der Waals surface area contributed by atoms with Gasteiger partial charge in [-0.3, -0.25) is 4.79 Å². The Balaban J connectivity index is 2.26. The van der Waals surface area contributed by atoms with Crippen molar-refractivity contribution in [1.29, 1.82) is 0 Å². The van der Waals surface area contributed by atoms with Gasteiger partial charge in [0.2, 0.25) is 0 Å². The molecule has 0 aliphatic heterocycles. The number of aromatic nitrogens is 2. The first-order valence-corrected chi connectivity index (χ1v) is 9.10. The van der Waals surface area contributed by atoms with Crippen LogP contribution in [0, 0.1) is 6.92 Å². The molecule has 1 N–H and O–H groups in total. The summed E-state index contributed by atoms with van der Waals surface area (Å²) in [4.78, 5) is 22.6. The molecule has 6 nitrogen and oxygen atoms in total. The average Bonchev–Trinajstić information content (AvgIpc) is 3.11. The fraction of sp³-hybridized carbons (Fsp3) is 0.500. The summed E-state index contributed by atoms with van der Waals surface area (Å²) in [7, 11) is 0. The summed E-state index contributed by atoms with van der Waals surface area (Å²) in [5, 5.41) is 9.58. The Morgan fingerprint density at radius 1 is 1.15 bits per heavy atom. The zero-order chi connectivity index (χ0) is 19.3. The van der Waals surface area contributed by atoms with E-state index in [0.717, 1.165) is 24.1 Å². The Hall–Kier alpha value is -2.50. The zero-order valence-corrected chi connectivity index (χ0v) is 16.0. The van der Waals surface area contributed by atoms with Crippen molar-refractivity contribution in [3.8, 4) is 0 Å². The van der Waals surface area contributed by atoms with Crippen LogP contribution < -0.4 is 0 Å². The van der Waals surface area contributed by atoms with Crippen LogP contribution in [0.5, 0.6) is 0 Å². The first-order chi connectivity index (χ1) is 12.4. The van der Waals surface area contributed by atoms with Crippen molar-refractivity contribution in [2.45, 2.75) is 60.0 Å². The van der Waals surface area contributed by atoms with Crippen LogP contribution in [0.1, 0.15) is 60.1 Å². The highest BCUT2D eigenvalue weighted by atomic mass is 16.5. The predicted molar refractivity (Wildman–Crippen MR) is 99.7 cm³/mol. The third-order valence-corrected chi connectivity index (χ3v) is 4.57. The number of hydrogen-bond acceptors (Lipinski definition) is 3. The number of ether oxygens (including phenoxy) is 1. The van der Waals surface area contributed by atoms with E-state index in [0.29, 0.717) is 25.2 Å². The number of hydrogen-bond donors (Lipinski definition) is 1. The van der Waals surface area contributed by atoms with Crippen LogP contribution in [0.3, 0.4) is 0 Å². The SMILES string of the molecule is CCc1cn(Cc2cc(C)c(C(=O)O)n2CCCOC(C)=O)cc1CC. The molecule has 0 aliphatic rings. The van der Waals surface area contributed by atoms with Gasteiger partial charge in [-0.1, -0.05) is 13.8 Å². The van der Waals surface area contributed by atoms with Crippen LogP contribution in [0.2, 0.25) is 0 Å². The van der Waals surface area contributed by atoms with Gasteiger partial charge in [-0.25, -0.2) is 4.79 Å². The molecule has 26 heavy (non-hydrogen) atoms. The summed E-state index contributed by atoms with van der Waals surface area (Å²) < 4.78 is 8.93. The average molecular weight is 360 g/mol. The summed E-state index contributed by atoms with van der Waals surface area (Å²) in [6.07, 6.45) is 6.83. The number of carbonyl (C=O) groups excluding carboxylic acids is 1. The number of aromatic carboxylic acids is 1. The van der Waals surface area contributed by atoms with Gasteiger partial charge in [0.15, 0.2) is 0 Å². The lowest BCUT2D eigenvalue weighted by atomic mass is 10.1. The largest absolute Gasteiger partial charge is 0.477 e. The van der Waals surface area contributed by atoms with E-state index >= 15 is 0 Å². The number of carboxylic acid groups (broad SMARTS) is 1. The molecule has 0 aliphatic carbocycles. The molecule has 0 amide bonds. The van der Waals surface area contributed by atoms with Gasteiger partial charge in [0, 0.05) is 31.6 Å². The Labute approximate surface area is 154 Å². The lowest BCUT2D eigenvalue weighted by Gasteiger charge is -2.12. The molecule has 0 bridgehead atoms. The van der Waals surface area contributed by atoms with E-state index in [4.69, 9.17) is 4.74 Å². The van der Waals surface area contributed by atoms with Crippen LogP contribution in [-0.2, 0) is 35.5 Å². The first kappa shape index (κ1) is 19.8. The normalized spacial score (nSPS) is 10.9. The molecule has 2 aromatic rings. The van der Waals surface area contributed by atoms with Crippen LogP contribution in [0.25, 0.3) is 0 Å². The number of rotatable bonds is 9. The molecule has 0 saturated heterocycles. The minimum absolute atomic E-state index is 0.286. The molecule has 2 heterocycles. The molecule has 2 rings (SSSR count). The topological polar surface area (TPSA) is 73.5 Å². The zero-order valence-electron chi connectivity index (χ0n) is 16.0. The van der Waals surface area contributed by atoms with Crippen molar-refractivity contribution in [1.82, 2.24) is 9.13 Å². The number of carbonyl (C=O) groups is 2. The third-order valence-electron chi connectivity index (χ3n) is 4.57. The van der Waals surface area contributed by atoms with E-state index in [1.165, 1.54) is 18.1 Å². The molecule has 2 aromatic heterocycles. The van der Waals surface area contributed by atoms with Crippen molar-refractivity contribution in [2.24, 2.45) is 0 Å². The van der Waals surface area contributed by atoms with Gasteiger partial charge in [0.25, 0.3) is 0 Å². The van der Waals surface area contributed by atoms with Gasteiger partial charge in [-0.05, 0) is 48.9 Å². The van der Waals surface area contributed by atoms with Gasteiger partial charge < -0.3 is 19.0 Å². The lowest BCUT2D eigenvalue weighted by Crippen LogP contribution is -2.15. The van der Waals surface area contributed by atoms with Crippen LogP contribution in [0.4, 0.5) is 0 Å². The molecule has 0 aromatic carbocycles. The Kier molecular flexibility index (Phi) is 6.66. The van der Waals surface area contributed by atoms with E-state index < -0.39 is 5.97 Å². The van der Waals surface area contributed by atoms with E-state index in [1.54, 1.807) is 0 Å². The Bertz CT molecular complexity index is 765. The fourth-order valence-corrected chi connectivity index (χ4v) is 3.38. The second kappa shape index (κ2) is 8.74. The van der Waals surface area contributed by atoms with E-state index in [9.17, 15) is 14.7 Å². The van der Waals surface area contributed by atoms with Crippen LogP contribution >= 0.6 is 0 Å². The molecule has 142 valence electrons. The molecule has 0 saturated carbocycles. The summed E-state index contributed by atoms with van der Waals surface area (Å²) in [5.74, 6) is -1.25. The molecule has 0 spiro atoms. The maximum absolute atomic E-state index is 11.7. The smallest absolute Gasteiger partial charge is 0.352 e. The van der Waals surface area contributed by atoms with E-state index in [2.05, 4.69) is 30.8 Å². The van der Waals surface area contributed by atoms with E-state index in [1.807, 2.05) is 17.6 Å². The standard InChI is InChI=1S/C20H28N2O4/c1-5-16-11-21(12-17(16)6-2)13-18-10-14(3)19(20(24)25)22(18)8-7-9-26-15(4)23/h10-12H,5-9,13H2,1-4H3,(H,24,25). The number of aryl methyl sites for hydroxylation is 3. The highest BCUT2D eigenvalue weighted by molar-refractivity contribution is 5.87. The van der Waals surface area contributed by atoms with Crippen LogP contribution in [0.15, 0.2) is 18.5 Å². The molecule has 0 unspecified atom stereocenters. The van der Waals surface area contributed by atoms with Crippen molar-refractivity contribution in [2.75, 3.05) is 6.61 Å². The summed E-state index contributed by atoms with van der Waals surface area (Å²) >= 11 is 0. The Morgan fingerprint density at radius 3 is 2.27 bits per heavy atom. The van der Waals surface area contributed by atoms with Crippen molar-refractivity contribution in [3.63, 3.8) is 0 Å². The molecule has 0 atom stereocenters. The predicted octanol–water partition coefficient (Wildman–Crippen LogP) is 3.42. The minimum atomic E-state index is -0.933. The van der Waals surface area contributed by atoms with Crippen molar-refractivity contribution in [3.05, 3.63) is 46.5 Å². The number of esters is 1. The maximum Gasteiger partial charge on any atom is 0.352 e. The van der Waals surface area contributed by atoms with E-state index in [-0.39, 0.29) is 12.6 Å². The number of carboxylic acids is 1.